The molecule has 3 aliphatic carbocycles. The van der Waals surface area contributed by atoms with Crippen LogP contribution in [-0.2, 0) is 14.4 Å². The smallest absolute Gasteiger partial charge is 0.230 e. The summed E-state index contributed by atoms with van der Waals surface area (Å²) in [5.41, 5.74) is 1.81. The molecular weight excluding hydrogens is 444 g/mol. The van der Waals surface area contributed by atoms with Crippen molar-refractivity contribution in [2.75, 3.05) is 14.1 Å². The normalized spacial score (nSPS) is 36.6. The first kappa shape index (κ1) is 22.7. The summed E-state index contributed by atoms with van der Waals surface area (Å²) < 4.78 is 0. The van der Waals surface area contributed by atoms with E-state index >= 15 is 0 Å². The number of ketones is 2. The number of phenols is 1. The lowest BCUT2D eigenvalue weighted by Crippen LogP contribution is -2.73. The molecular formula is C21H23ClN2O8. The molecule has 0 heterocycles. The first-order valence-electron chi connectivity index (χ1n) is 9.93. The highest BCUT2D eigenvalue weighted by molar-refractivity contribution is 6.32. The van der Waals surface area contributed by atoms with Crippen molar-refractivity contribution in [2.45, 2.75) is 30.3 Å². The monoisotopic (exact) mass is 466 g/mol. The summed E-state index contributed by atoms with van der Waals surface area (Å²) in [6, 6.07) is 1.45. The van der Waals surface area contributed by atoms with E-state index in [9.17, 15) is 39.9 Å². The van der Waals surface area contributed by atoms with Gasteiger partial charge in [0.15, 0.2) is 11.4 Å². The minimum atomic E-state index is -2.78. The van der Waals surface area contributed by atoms with Crippen molar-refractivity contribution in [3.8, 4) is 5.75 Å². The van der Waals surface area contributed by atoms with E-state index in [-0.39, 0.29) is 22.6 Å². The Morgan fingerprint density at radius 1 is 1.22 bits per heavy atom. The van der Waals surface area contributed by atoms with Crippen molar-refractivity contribution in [1.82, 2.24) is 4.90 Å². The van der Waals surface area contributed by atoms with E-state index < -0.39 is 76.2 Å². The fourth-order valence-electron chi connectivity index (χ4n) is 5.60. The number of fused-ring (bicyclic) bond motifs is 3. The number of rotatable bonds is 2. The number of aliphatic hydroxyl groups excluding tert-OH is 3. The molecule has 10 nitrogen and oxygen atoms in total. The second-order valence-electron chi connectivity index (χ2n) is 8.80. The Hall–Kier alpha value is -2.50. The van der Waals surface area contributed by atoms with Crippen LogP contribution in [0.1, 0.15) is 23.7 Å². The molecule has 0 spiro atoms. The van der Waals surface area contributed by atoms with Crippen LogP contribution >= 0.6 is 11.6 Å². The molecule has 2 unspecified atom stereocenters. The first-order chi connectivity index (χ1) is 14.8. The molecule has 0 bridgehead atoms. The van der Waals surface area contributed by atoms with Crippen LogP contribution in [0.4, 0.5) is 0 Å². The van der Waals surface area contributed by atoms with E-state index in [1.807, 2.05) is 0 Å². The number of Topliss-reactive ketones (excluding diaryl/α,β-unsaturated/α-hetero) is 2. The Bertz CT molecular complexity index is 1090. The highest BCUT2D eigenvalue weighted by atomic mass is 35.5. The van der Waals surface area contributed by atoms with Crippen LogP contribution in [0.25, 0.3) is 5.76 Å². The van der Waals surface area contributed by atoms with Gasteiger partial charge in [-0.2, -0.15) is 0 Å². The predicted octanol–water partition coefficient (Wildman–Crippen LogP) is -0.727. The van der Waals surface area contributed by atoms with Crippen molar-refractivity contribution in [1.29, 1.82) is 0 Å². The molecule has 0 aliphatic heterocycles. The van der Waals surface area contributed by atoms with Crippen molar-refractivity contribution in [2.24, 2.45) is 23.5 Å². The second-order valence-corrected chi connectivity index (χ2v) is 9.20. The number of nitrogens with two attached hydrogens (primary N) is 1. The number of halogens is 1. The number of carbonyl (C=O) groups excluding carboxylic acids is 3. The Labute approximate surface area is 187 Å². The van der Waals surface area contributed by atoms with E-state index in [1.165, 1.54) is 31.1 Å². The lowest BCUT2D eigenvalue weighted by Gasteiger charge is -2.54. The molecule has 2 fully saturated rings. The van der Waals surface area contributed by atoms with Gasteiger partial charge in [0.1, 0.15) is 17.4 Å². The van der Waals surface area contributed by atoms with Crippen LogP contribution in [0.2, 0.25) is 5.02 Å². The zero-order valence-corrected chi connectivity index (χ0v) is 17.9. The first-order valence-corrected chi connectivity index (χ1v) is 10.3. The molecule has 1 aromatic rings. The summed E-state index contributed by atoms with van der Waals surface area (Å²) >= 11 is 6.19. The Morgan fingerprint density at radius 2 is 1.84 bits per heavy atom. The molecule has 3 aliphatic rings. The van der Waals surface area contributed by atoms with Gasteiger partial charge in [-0.3, -0.25) is 14.4 Å². The van der Waals surface area contributed by atoms with Crippen molar-refractivity contribution in [3.05, 3.63) is 33.9 Å². The number of primary amides is 1. The standard InChI is InChI=1S/C21H23ClN2O8/c1-24(2)14-7-5-6-10(16(27)12-9(25)4-3-8(22)11(12)15(6)26)18(29)21(7,32)19(30)13(17(14)28)20(23)31/h3-4,6-7,13-15,17,25-28,32H,5H2,1-2H3,(H2,23,31)/t6-,7-,13?,14-,15-,17?,21-/m0/s1. The molecule has 32 heavy (non-hydrogen) atoms. The molecule has 7 atom stereocenters. The van der Waals surface area contributed by atoms with Gasteiger partial charge in [0.25, 0.3) is 0 Å². The third-order valence-electron chi connectivity index (χ3n) is 7.01. The van der Waals surface area contributed by atoms with E-state index in [0.29, 0.717) is 0 Å². The number of amides is 1. The summed E-state index contributed by atoms with van der Waals surface area (Å²) in [5.74, 6) is -9.02. The molecule has 172 valence electrons. The van der Waals surface area contributed by atoms with Crippen molar-refractivity contribution >= 4 is 34.8 Å². The minimum absolute atomic E-state index is 0.00950. The van der Waals surface area contributed by atoms with Gasteiger partial charge in [0.05, 0.1) is 17.8 Å². The molecule has 0 saturated heterocycles. The average Bonchev–Trinajstić information content (AvgIpc) is 2.69. The number of carbonyl (C=O) groups is 3. The number of hydrogen-bond acceptors (Lipinski definition) is 9. The molecule has 4 rings (SSSR count). The summed E-state index contributed by atoms with van der Waals surface area (Å²) in [7, 11) is 3.08. The van der Waals surface area contributed by atoms with Gasteiger partial charge in [-0.25, -0.2) is 0 Å². The average molecular weight is 467 g/mol. The van der Waals surface area contributed by atoms with E-state index in [4.69, 9.17) is 17.3 Å². The van der Waals surface area contributed by atoms with E-state index in [0.717, 1.165) is 0 Å². The van der Waals surface area contributed by atoms with Gasteiger partial charge in [-0.05, 0) is 32.6 Å². The van der Waals surface area contributed by atoms with Crippen molar-refractivity contribution < 1.29 is 39.9 Å². The molecule has 0 radical (unpaired) electrons. The predicted molar refractivity (Wildman–Crippen MR) is 110 cm³/mol. The summed E-state index contributed by atoms with van der Waals surface area (Å²) in [6.07, 6.45) is -3.26. The fraction of sp³-hybridized carbons (Fsp3) is 0.476. The second kappa shape index (κ2) is 7.26. The highest BCUT2D eigenvalue weighted by Gasteiger charge is 2.68. The zero-order chi connectivity index (χ0) is 23.9. The number of aromatic hydroxyl groups is 1. The topological polar surface area (TPSA) is 182 Å². The molecule has 0 aromatic heterocycles. The van der Waals surface area contributed by atoms with Crippen LogP contribution in [-0.4, -0.2) is 79.7 Å². The van der Waals surface area contributed by atoms with Crippen LogP contribution in [0, 0.1) is 17.8 Å². The third kappa shape index (κ3) is 2.70. The van der Waals surface area contributed by atoms with Crippen LogP contribution < -0.4 is 5.73 Å². The van der Waals surface area contributed by atoms with E-state index in [2.05, 4.69) is 0 Å². The molecule has 1 amide bonds. The number of nitrogens with zero attached hydrogens (tertiary/aromatic N) is 1. The molecule has 7 N–H and O–H groups in total. The number of benzene rings is 1. The third-order valence-corrected chi connectivity index (χ3v) is 7.34. The maximum Gasteiger partial charge on any atom is 0.230 e. The Kier molecular flexibility index (Phi) is 5.14. The molecule has 2 saturated carbocycles. The number of aliphatic hydroxyl groups is 4. The summed E-state index contributed by atoms with van der Waals surface area (Å²) in [5, 5.41) is 54.5. The van der Waals surface area contributed by atoms with Crippen LogP contribution in [0.3, 0.4) is 0 Å². The Morgan fingerprint density at radius 3 is 2.41 bits per heavy atom. The number of hydrogen-bond donors (Lipinski definition) is 6. The quantitative estimate of drug-likeness (QED) is 0.306. The largest absolute Gasteiger partial charge is 0.507 e. The zero-order valence-electron chi connectivity index (χ0n) is 17.2. The summed E-state index contributed by atoms with van der Waals surface area (Å²) in [6.45, 7) is 0. The Balaban J connectivity index is 1.97. The van der Waals surface area contributed by atoms with Gasteiger partial charge in [0, 0.05) is 34.0 Å². The lowest BCUT2D eigenvalue weighted by molar-refractivity contribution is -0.185. The highest BCUT2D eigenvalue weighted by Crippen LogP contribution is 2.56. The van der Waals surface area contributed by atoms with Gasteiger partial charge in [-0.1, -0.05) is 11.6 Å². The van der Waals surface area contributed by atoms with E-state index in [1.54, 1.807) is 0 Å². The summed E-state index contributed by atoms with van der Waals surface area (Å²) in [4.78, 5) is 40.1. The number of likely N-dealkylation sites (N-methyl/N-ethyl adjacent to an activating group) is 1. The maximum atomic E-state index is 13.6. The van der Waals surface area contributed by atoms with Gasteiger partial charge in [-0.15, -0.1) is 0 Å². The fourth-order valence-corrected chi connectivity index (χ4v) is 5.87. The maximum absolute atomic E-state index is 13.6. The molecule has 11 heteroatoms. The molecule has 1 aromatic carbocycles. The van der Waals surface area contributed by atoms with Crippen molar-refractivity contribution in [3.63, 3.8) is 0 Å². The van der Waals surface area contributed by atoms with Gasteiger partial charge in [0.2, 0.25) is 11.7 Å². The van der Waals surface area contributed by atoms with Crippen LogP contribution in [0.15, 0.2) is 17.7 Å². The lowest BCUT2D eigenvalue weighted by atomic mass is 9.54. The number of phenolic OH excluding ortho intramolecular Hbond substituents is 1. The SMILES string of the molecule is CN(C)[C@@H]1C(O)C(C(N)=O)C(=O)[C@@]2(O)C(=O)C3=C(O)c4c(O)ccc(Cl)c4[C@@H](O)[C@H]3C[C@@H]12. The van der Waals surface area contributed by atoms with Gasteiger partial charge >= 0.3 is 0 Å². The van der Waals surface area contributed by atoms with Crippen LogP contribution in [0.5, 0.6) is 5.75 Å². The minimum Gasteiger partial charge on any atom is -0.507 e. The van der Waals surface area contributed by atoms with Gasteiger partial charge < -0.3 is 36.2 Å².